The van der Waals surface area contributed by atoms with E-state index in [-0.39, 0.29) is 30.9 Å². The first-order valence-electron chi connectivity index (χ1n) is 7.74. The molecule has 5 nitrogen and oxygen atoms in total. The van der Waals surface area contributed by atoms with Gasteiger partial charge in [-0.1, -0.05) is 42.3 Å². The molecule has 7 heteroatoms. The third kappa shape index (κ3) is 3.89. The van der Waals surface area contributed by atoms with E-state index in [1.807, 2.05) is 12.1 Å². The van der Waals surface area contributed by atoms with E-state index in [0.717, 1.165) is 0 Å². The standard InChI is InChI=1S/C18H16Cl2N2O3/c1-11-9-22(15-5-3-2-4-14(15)21-18(11)24)17(23)10-25-16-7-6-12(19)8-13(16)20/h2-8,11H,9-10H2,1H3,(H,21,24)/t11-/m1/s1. The molecule has 0 bridgehead atoms. The smallest absolute Gasteiger partial charge is 0.264 e. The summed E-state index contributed by atoms with van der Waals surface area (Å²) in [5, 5.41) is 3.66. The number of hydrogen-bond donors (Lipinski definition) is 1. The van der Waals surface area contributed by atoms with Crippen molar-refractivity contribution in [3.63, 3.8) is 0 Å². The number of fused-ring (bicyclic) bond motifs is 1. The highest BCUT2D eigenvalue weighted by Crippen LogP contribution is 2.31. The Kier molecular flexibility index (Phi) is 5.16. The van der Waals surface area contributed by atoms with Crippen molar-refractivity contribution in [1.29, 1.82) is 0 Å². The van der Waals surface area contributed by atoms with Gasteiger partial charge in [0.25, 0.3) is 5.91 Å². The normalized spacial score (nSPS) is 16.7. The van der Waals surface area contributed by atoms with Crippen molar-refractivity contribution in [1.82, 2.24) is 0 Å². The molecule has 1 atom stereocenters. The first-order chi connectivity index (χ1) is 12.0. The lowest BCUT2D eigenvalue weighted by Crippen LogP contribution is -2.38. The van der Waals surface area contributed by atoms with Crippen molar-refractivity contribution in [2.45, 2.75) is 6.92 Å². The monoisotopic (exact) mass is 378 g/mol. The van der Waals surface area contributed by atoms with E-state index in [4.69, 9.17) is 27.9 Å². The van der Waals surface area contributed by atoms with Crippen LogP contribution in [0.4, 0.5) is 11.4 Å². The molecule has 1 heterocycles. The fourth-order valence-electron chi connectivity index (χ4n) is 2.57. The number of ether oxygens (including phenoxy) is 1. The summed E-state index contributed by atoms with van der Waals surface area (Å²) in [6.45, 7) is 1.86. The van der Waals surface area contributed by atoms with Gasteiger partial charge in [0.2, 0.25) is 5.91 Å². The van der Waals surface area contributed by atoms with Gasteiger partial charge in [0, 0.05) is 11.6 Å². The zero-order valence-electron chi connectivity index (χ0n) is 13.5. The molecule has 2 aromatic carbocycles. The van der Waals surface area contributed by atoms with E-state index in [1.54, 1.807) is 42.2 Å². The van der Waals surface area contributed by atoms with Gasteiger partial charge in [0.1, 0.15) is 5.75 Å². The fraction of sp³-hybridized carbons (Fsp3) is 0.222. The number of carbonyl (C=O) groups is 2. The van der Waals surface area contributed by atoms with E-state index in [0.29, 0.717) is 27.2 Å². The number of nitrogens with one attached hydrogen (secondary N) is 1. The lowest BCUT2D eigenvalue weighted by atomic mass is 10.1. The number of rotatable bonds is 3. The number of nitrogens with zero attached hydrogens (tertiary/aromatic N) is 1. The lowest BCUT2D eigenvalue weighted by molar-refractivity contribution is -0.121. The molecule has 0 saturated carbocycles. The Morgan fingerprint density at radius 1 is 1.28 bits per heavy atom. The molecule has 0 unspecified atom stereocenters. The topological polar surface area (TPSA) is 58.6 Å². The molecule has 0 spiro atoms. The van der Waals surface area contributed by atoms with E-state index < -0.39 is 0 Å². The third-order valence-electron chi connectivity index (χ3n) is 3.90. The first-order valence-corrected chi connectivity index (χ1v) is 8.49. The van der Waals surface area contributed by atoms with Crippen LogP contribution in [0.5, 0.6) is 5.75 Å². The van der Waals surface area contributed by atoms with Crippen LogP contribution in [0.3, 0.4) is 0 Å². The summed E-state index contributed by atoms with van der Waals surface area (Å²) in [6, 6.07) is 12.0. The number of para-hydroxylation sites is 2. The maximum atomic E-state index is 12.7. The Labute approximate surface area is 155 Å². The van der Waals surface area contributed by atoms with Crippen molar-refractivity contribution < 1.29 is 14.3 Å². The average molecular weight is 379 g/mol. The van der Waals surface area contributed by atoms with E-state index >= 15 is 0 Å². The Balaban J connectivity index is 1.79. The SMILES string of the molecule is C[C@@H]1CN(C(=O)COc2ccc(Cl)cc2Cl)c2ccccc2NC1=O. The van der Waals surface area contributed by atoms with Crippen molar-refractivity contribution >= 4 is 46.4 Å². The van der Waals surface area contributed by atoms with Gasteiger partial charge < -0.3 is 15.0 Å². The zero-order valence-corrected chi connectivity index (χ0v) is 15.0. The molecule has 25 heavy (non-hydrogen) atoms. The van der Waals surface area contributed by atoms with Gasteiger partial charge in [0.05, 0.1) is 22.3 Å². The number of anilines is 2. The van der Waals surface area contributed by atoms with Gasteiger partial charge in [-0.15, -0.1) is 0 Å². The molecule has 2 amide bonds. The summed E-state index contributed by atoms with van der Waals surface area (Å²) in [5.74, 6) is -0.341. The summed E-state index contributed by atoms with van der Waals surface area (Å²) in [4.78, 5) is 26.4. The minimum Gasteiger partial charge on any atom is -0.482 e. The van der Waals surface area contributed by atoms with Crippen molar-refractivity contribution in [3.8, 4) is 5.75 Å². The van der Waals surface area contributed by atoms with Crippen LogP contribution in [0.2, 0.25) is 10.0 Å². The molecule has 0 fully saturated rings. The van der Waals surface area contributed by atoms with E-state index in [1.165, 1.54) is 0 Å². The lowest BCUT2D eigenvalue weighted by Gasteiger charge is -2.23. The first kappa shape index (κ1) is 17.6. The second kappa shape index (κ2) is 7.33. The van der Waals surface area contributed by atoms with Crippen molar-refractivity contribution in [3.05, 3.63) is 52.5 Å². The zero-order chi connectivity index (χ0) is 18.0. The van der Waals surface area contributed by atoms with Gasteiger partial charge in [-0.25, -0.2) is 0 Å². The van der Waals surface area contributed by atoms with Crippen LogP contribution in [0.25, 0.3) is 0 Å². The molecule has 1 aliphatic rings. The van der Waals surface area contributed by atoms with Crippen LogP contribution in [-0.4, -0.2) is 25.0 Å². The molecule has 0 saturated heterocycles. The molecular formula is C18H16Cl2N2O3. The number of carbonyl (C=O) groups excluding carboxylic acids is 2. The van der Waals surface area contributed by atoms with Crippen LogP contribution in [0, 0.1) is 5.92 Å². The van der Waals surface area contributed by atoms with Gasteiger partial charge in [-0.3, -0.25) is 9.59 Å². The Bertz CT molecular complexity index is 826. The predicted octanol–water partition coefficient (Wildman–Crippen LogP) is 3.99. The fourth-order valence-corrected chi connectivity index (χ4v) is 3.03. The molecule has 130 valence electrons. The van der Waals surface area contributed by atoms with Crippen molar-refractivity contribution in [2.24, 2.45) is 5.92 Å². The Hall–Kier alpha value is -2.24. The number of benzene rings is 2. The highest BCUT2D eigenvalue weighted by atomic mass is 35.5. The number of hydrogen-bond acceptors (Lipinski definition) is 3. The molecular weight excluding hydrogens is 363 g/mol. The van der Waals surface area contributed by atoms with Gasteiger partial charge in [-0.2, -0.15) is 0 Å². The summed E-state index contributed by atoms with van der Waals surface area (Å²) in [5.41, 5.74) is 1.26. The maximum Gasteiger partial charge on any atom is 0.264 e. The molecule has 1 N–H and O–H groups in total. The minimum atomic E-state index is -0.338. The quantitative estimate of drug-likeness (QED) is 0.877. The molecule has 0 radical (unpaired) electrons. The van der Waals surface area contributed by atoms with Crippen LogP contribution < -0.4 is 15.0 Å². The second-order valence-corrected chi connectivity index (χ2v) is 6.62. The van der Waals surface area contributed by atoms with Crippen LogP contribution in [-0.2, 0) is 9.59 Å². The Morgan fingerprint density at radius 2 is 2.04 bits per heavy atom. The summed E-state index contributed by atoms with van der Waals surface area (Å²) in [6.07, 6.45) is 0. The van der Waals surface area contributed by atoms with Crippen LogP contribution in [0.15, 0.2) is 42.5 Å². The predicted molar refractivity (Wildman–Crippen MR) is 98.5 cm³/mol. The molecule has 3 rings (SSSR count). The average Bonchev–Trinajstić information content (AvgIpc) is 2.71. The van der Waals surface area contributed by atoms with Crippen molar-refractivity contribution in [2.75, 3.05) is 23.4 Å². The van der Waals surface area contributed by atoms with Crippen LogP contribution >= 0.6 is 23.2 Å². The molecule has 0 aliphatic carbocycles. The highest BCUT2D eigenvalue weighted by Gasteiger charge is 2.28. The molecule has 1 aliphatic heterocycles. The number of amides is 2. The van der Waals surface area contributed by atoms with E-state index in [9.17, 15) is 9.59 Å². The van der Waals surface area contributed by atoms with Gasteiger partial charge in [-0.05, 0) is 30.3 Å². The Morgan fingerprint density at radius 3 is 2.80 bits per heavy atom. The summed E-state index contributed by atoms with van der Waals surface area (Å²) >= 11 is 11.9. The highest BCUT2D eigenvalue weighted by molar-refractivity contribution is 6.35. The second-order valence-electron chi connectivity index (χ2n) is 5.78. The minimum absolute atomic E-state index is 0.121. The van der Waals surface area contributed by atoms with Gasteiger partial charge in [0.15, 0.2) is 6.61 Å². The number of halogens is 2. The maximum absolute atomic E-state index is 12.7. The molecule has 0 aromatic heterocycles. The van der Waals surface area contributed by atoms with Crippen LogP contribution in [0.1, 0.15) is 6.92 Å². The van der Waals surface area contributed by atoms with E-state index in [2.05, 4.69) is 5.32 Å². The summed E-state index contributed by atoms with van der Waals surface area (Å²) < 4.78 is 5.54. The van der Waals surface area contributed by atoms with Gasteiger partial charge >= 0.3 is 0 Å². The molecule has 2 aromatic rings. The summed E-state index contributed by atoms with van der Waals surface area (Å²) in [7, 11) is 0. The largest absolute Gasteiger partial charge is 0.482 e. The third-order valence-corrected chi connectivity index (χ3v) is 4.43.